The first-order chi connectivity index (χ1) is 14.4. The van der Waals surface area contributed by atoms with E-state index in [1.165, 1.54) is 51.4 Å². The monoisotopic (exact) mass is 448 g/mol. The van der Waals surface area contributed by atoms with Crippen molar-refractivity contribution in [2.45, 2.75) is 129 Å². The fraction of sp³-hybridized carbons (Fsp3) is 0.714. The van der Waals surface area contributed by atoms with Crippen LogP contribution in [-0.2, 0) is 0 Å². The lowest BCUT2D eigenvalue weighted by molar-refractivity contribution is 0.783. The Morgan fingerprint density at radius 1 is 0.933 bits per heavy atom. The normalized spacial score (nSPS) is 26.8. The van der Waals surface area contributed by atoms with Gasteiger partial charge in [-0.3, -0.25) is 0 Å². The highest BCUT2D eigenvalue weighted by Gasteiger charge is 2.18. The molecule has 1 aliphatic heterocycles. The molecule has 1 rings (SSSR count). The van der Waals surface area contributed by atoms with Crippen molar-refractivity contribution in [3.63, 3.8) is 0 Å². The van der Waals surface area contributed by atoms with E-state index in [0.29, 0.717) is 15.7 Å². The van der Waals surface area contributed by atoms with E-state index in [0.717, 1.165) is 6.42 Å². The van der Waals surface area contributed by atoms with Crippen molar-refractivity contribution < 1.29 is 0 Å². The van der Waals surface area contributed by atoms with Crippen LogP contribution in [0, 0.1) is 0 Å². The number of unbranched alkanes of at least 4 members (excludes halogenated alkanes) is 1. The molecule has 172 valence electrons. The van der Waals surface area contributed by atoms with Crippen LogP contribution in [0.15, 0.2) is 45.4 Å². The summed E-state index contributed by atoms with van der Waals surface area (Å²) in [6, 6.07) is 0. The fourth-order valence-corrected chi connectivity index (χ4v) is 6.73. The summed E-state index contributed by atoms with van der Waals surface area (Å²) in [4.78, 5) is 1.62. The van der Waals surface area contributed by atoms with Crippen LogP contribution in [0.1, 0.15) is 113 Å². The van der Waals surface area contributed by atoms with Gasteiger partial charge < -0.3 is 0 Å². The van der Waals surface area contributed by atoms with Crippen molar-refractivity contribution in [2.75, 3.05) is 0 Å². The third-order valence-electron chi connectivity index (χ3n) is 6.25. The Morgan fingerprint density at radius 3 is 2.13 bits per heavy atom. The summed E-state index contributed by atoms with van der Waals surface area (Å²) in [5.74, 6) is 0. The van der Waals surface area contributed by atoms with Gasteiger partial charge in [-0.1, -0.05) is 74.6 Å². The molecule has 0 saturated carbocycles. The summed E-state index contributed by atoms with van der Waals surface area (Å²) in [6.45, 7) is 18.8. The van der Waals surface area contributed by atoms with Gasteiger partial charge in [0.25, 0.3) is 0 Å². The van der Waals surface area contributed by atoms with Gasteiger partial charge in [0.05, 0.1) is 0 Å². The Morgan fingerprint density at radius 2 is 1.57 bits per heavy atom. The smallest absolute Gasteiger partial charge is 0.0271 e. The molecule has 0 aromatic carbocycles. The summed E-state index contributed by atoms with van der Waals surface area (Å²) in [5.41, 5.74) is 6.32. The van der Waals surface area contributed by atoms with Crippen LogP contribution in [0.3, 0.4) is 0 Å². The summed E-state index contributed by atoms with van der Waals surface area (Å²) in [7, 11) is 0. The summed E-state index contributed by atoms with van der Waals surface area (Å²) < 4.78 is 0. The van der Waals surface area contributed by atoms with Crippen LogP contribution >= 0.6 is 23.5 Å². The van der Waals surface area contributed by atoms with Crippen molar-refractivity contribution in [2.24, 2.45) is 0 Å². The van der Waals surface area contributed by atoms with Crippen LogP contribution in [0.4, 0.5) is 0 Å². The van der Waals surface area contributed by atoms with E-state index in [1.807, 2.05) is 0 Å². The summed E-state index contributed by atoms with van der Waals surface area (Å²) in [6.07, 6.45) is 18.6. The SMILES string of the molecule is CCCCC(C)=C1CC=C(C)C(CC)SC(CC)C(C)=CCCC(C)=CC(CC)S1. The van der Waals surface area contributed by atoms with E-state index in [4.69, 9.17) is 0 Å². The Hall–Kier alpha value is -0.340. The maximum Gasteiger partial charge on any atom is 0.0271 e. The highest BCUT2D eigenvalue weighted by molar-refractivity contribution is 8.03. The van der Waals surface area contributed by atoms with Crippen molar-refractivity contribution in [3.8, 4) is 0 Å². The fourth-order valence-electron chi connectivity index (χ4n) is 4.02. The first-order valence-electron chi connectivity index (χ1n) is 12.4. The third-order valence-corrected chi connectivity index (χ3v) is 9.89. The number of allylic oxidation sites excluding steroid dienone is 5. The maximum atomic E-state index is 2.55. The Kier molecular flexibility index (Phi) is 14.3. The zero-order chi connectivity index (χ0) is 22.5. The van der Waals surface area contributed by atoms with Gasteiger partial charge in [0.2, 0.25) is 0 Å². The van der Waals surface area contributed by atoms with Crippen LogP contribution in [0.25, 0.3) is 0 Å². The molecule has 1 heterocycles. The molecule has 0 N–H and O–H groups in total. The highest BCUT2D eigenvalue weighted by Crippen LogP contribution is 2.36. The van der Waals surface area contributed by atoms with Crippen molar-refractivity contribution >= 4 is 23.5 Å². The summed E-state index contributed by atoms with van der Waals surface area (Å²) >= 11 is 4.33. The van der Waals surface area contributed by atoms with Gasteiger partial charge in [0.1, 0.15) is 0 Å². The first kappa shape index (κ1) is 27.7. The maximum absolute atomic E-state index is 2.55. The van der Waals surface area contributed by atoms with Crippen LogP contribution < -0.4 is 0 Å². The minimum atomic E-state index is 0.597. The van der Waals surface area contributed by atoms with Gasteiger partial charge in [-0.25, -0.2) is 0 Å². The van der Waals surface area contributed by atoms with Crippen LogP contribution in [0.2, 0.25) is 0 Å². The number of hydrogen-bond donors (Lipinski definition) is 0. The van der Waals surface area contributed by atoms with Gasteiger partial charge >= 0.3 is 0 Å². The first-order valence-corrected chi connectivity index (χ1v) is 14.2. The average molecular weight is 449 g/mol. The molecular formula is C28H48S2. The molecule has 0 bridgehead atoms. The quantitative estimate of drug-likeness (QED) is 0.370. The largest absolute Gasteiger partial charge is 0.146 e. The second-order valence-corrected chi connectivity index (χ2v) is 11.7. The molecule has 0 nitrogen and oxygen atoms in total. The number of rotatable bonds is 6. The minimum absolute atomic E-state index is 0.597. The molecule has 0 aromatic rings. The molecule has 2 heteroatoms. The van der Waals surface area contributed by atoms with E-state index in [1.54, 1.807) is 27.2 Å². The van der Waals surface area contributed by atoms with Gasteiger partial charge in [0.15, 0.2) is 0 Å². The van der Waals surface area contributed by atoms with Gasteiger partial charge in [0, 0.05) is 15.7 Å². The third kappa shape index (κ3) is 9.86. The molecule has 0 aromatic heterocycles. The summed E-state index contributed by atoms with van der Waals surface area (Å²) in [5, 5.41) is 1.87. The Labute approximate surface area is 197 Å². The lowest BCUT2D eigenvalue weighted by Crippen LogP contribution is -2.12. The topological polar surface area (TPSA) is 0 Å². The molecule has 0 fully saturated rings. The molecule has 3 unspecified atom stereocenters. The molecule has 0 aliphatic carbocycles. The predicted octanol–water partition coefficient (Wildman–Crippen LogP) is 10.3. The van der Waals surface area contributed by atoms with E-state index < -0.39 is 0 Å². The van der Waals surface area contributed by atoms with E-state index >= 15 is 0 Å². The minimum Gasteiger partial charge on any atom is -0.146 e. The standard InChI is InChI=1S/C28H48S2/c1-9-13-16-23(7)28-19-18-24(8)27(12-4)30-26(11-3)22(6)17-14-15-21(5)20-25(10-2)29-28/h17-18,20,25-27H,9-16,19H2,1-8H3. The molecule has 30 heavy (non-hydrogen) atoms. The van der Waals surface area contributed by atoms with Crippen LogP contribution in [0.5, 0.6) is 0 Å². The zero-order valence-electron chi connectivity index (χ0n) is 21.1. The highest BCUT2D eigenvalue weighted by atomic mass is 32.2. The average Bonchev–Trinajstić information content (AvgIpc) is 2.74. The van der Waals surface area contributed by atoms with E-state index in [-0.39, 0.29) is 0 Å². The molecule has 3 atom stereocenters. The number of thioether (sulfide) groups is 2. The molecule has 0 radical (unpaired) electrons. The van der Waals surface area contributed by atoms with Crippen molar-refractivity contribution in [3.05, 3.63) is 45.4 Å². The molecule has 0 spiro atoms. The number of hydrogen-bond acceptors (Lipinski definition) is 2. The lowest BCUT2D eigenvalue weighted by Gasteiger charge is -2.24. The van der Waals surface area contributed by atoms with Gasteiger partial charge in [-0.15, -0.1) is 23.5 Å². The van der Waals surface area contributed by atoms with E-state index in [2.05, 4.69) is 97.1 Å². The Bertz CT molecular complexity index is 621. The Balaban J connectivity index is 3.30. The van der Waals surface area contributed by atoms with Crippen LogP contribution in [-0.4, -0.2) is 15.7 Å². The molecule has 0 amide bonds. The van der Waals surface area contributed by atoms with Gasteiger partial charge in [-0.2, -0.15) is 0 Å². The van der Waals surface area contributed by atoms with Crippen molar-refractivity contribution in [1.29, 1.82) is 0 Å². The predicted molar refractivity (Wildman–Crippen MR) is 145 cm³/mol. The lowest BCUT2D eigenvalue weighted by atomic mass is 10.1. The molecular weight excluding hydrogens is 400 g/mol. The second-order valence-electron chi connectivity index (χ2n) is 8.95. The van der Waals surface area contributed by atoms with Crippen molar-refractivity contribution in [1.82, 2.24) is 0 Å². The molecule has 1 aliphatic rings. The zero-order valence-corrected chi connectivity index (χ0v) is 22.8. The van der Waals surface area contributed by atoms with E-state index in [9.17, 15) is 0 Å². The second kappa shape index (κ2) is 15.5. The van der Waals surface area contributed by atoms with Gasteiger partial charge in [-0.05, 0) is 84.0 Å². The molecule has 0 saturated heterocycles.